The number of nitrogens with one attached hydrogen (secondary N) is 1. The zero-order chi connectivity index (χ0) is 31.3. The summed E-state index contributed by atoms with van der Waals surface area (Å²) >= 11 is 0. The fourth-order valence-electron chi connectivity index (χ4n) is 5.72. The molecule has 0 aromatic heterocycles. The van der Waals surface area contributed by atoms with Crippen LogP contribution in [-0.2, 0) is 9.59 Å². The van der Waals surface area contributed by atoms with Crippen LogP contribution in [0.15, 0.2) is 78.9 Å². The summed E-state index contributed by atoms with van der Waals surface area (Å²) in [6.07, 6.45) is 0.581. The van der Waals surface area contributed by atoms with Gasteiger partial charge in [-0.15, -0.1) is 0 Å². The molecule has 10 heteroatoms. The van der Waals surface area contributed by atoms with Gasteiger partial charge in [-0.3, -0.25) is 14.5 Å². The fraction of sp³-hybridized carbons (Fsp3) is 0.333. The summed E-state index contributed by atoms with van der Waals surface area (Å²) < 4.78 is 5.69. The number of ether oxygens (including phenoxy) is 1. The number of likely N-dealkylation sites (tertiary alicyclic amines) is 1. The molecule has 0 aliphatic carbocycles. The van der Waals surface area contributed by atoms with Crippen molar-refractivity contribution >= 4 is 29.5 Å². The van der Waals surface area contributed by atoms with Gasteiger partial charge in [-0.2, -0.15) is 0 Å². The number of carbonyl (C=O) groups excluding carboxylic acids is 3. The van der Waals surface area contributed by atoms with Crippen molar-refractivity contribution in [1.82, 2.24) is 10.2 Å². The normalized spacial score (nSPS) is 18.8. The summed E-state index contributed by atoms with van der Waals surface area (Å²) in [7, 11) is 1.57. The highest BCUT2D eigenvalue weighted by Crippen LogP contribution is 2.43. The van der Waals surface area contributed by atoms with Crippen molar-refractivity contribution in [3.05, 3.63) is 95.6 Å². The molecule has 0 radical (unpaired) electrons. The quantitative estimate of drug-likeness (QED) is 0.349. The first-order chi connectivity index (χ1) is 20.4. The topological polar surface area (TPSA) is 142 Å². The van der Waals surface area contributed by atoms with Gasteiger partial charge in [0.05, 0.1) is 18.7 Å². The number of urea groups is 1. The number of primary amides is 1. The number of rotatable bonds is 8. The Morgan fingerprint density at radius 1 is 1.00 bits per heavy atom. The van der Waals surface area contributed by atoms with Crippen molar-refractivity contribution < 1.29 is 29.0 Å². The van der Waals surface area contributed by atoms with Crippen molar-refractivity contribution in [1.29, 1.82) is 0 Å². The summed E-state index contributed by atoms with van der Waals surface area (Å²) in [6, 6.07) is 20.1. The molecule has 1 saturated heterocycles. The third-order valence-electron chi connectivity index (χ3n) is 7.47. The number of methoxy groups -OCH3 is 1. The van der Waals surface area contributed by atoms with Crippen LogP contribution in [0, 0.1) is 0 Å². The summed E-state index contributed by atoms with van der Waals surface area (Å²) in [5, 5.41) is 12.5. The predicted octanol–water partition coefficient (Wildman–Crippen LogP) is 4.71. The van der Waals surface area contributed by atoms with Crippen molar-refractivity contribution in [3.8, 4) is 5.75 Å². The van der Waals surface area contributed by atoms with Crippen LogP contribution >= 0.6 is 0 Å². The van der Waals surface area contributed by atoms with Gasteiger partial charge in [-0.1, -0.05) is 54.6 Å². The molecular formula is C33H38N4O6. The Labute approximate surface area is 251 Å². The smallest absolute Gasteiger partial charge is 0.335 e. The molecule has 0 spiro atoms. The SMILES string of the molecule is COc1ccccc1[C@@H]1CC(c2ccccc2)N(CC(=O)NC(C)(C)C)C(=O)[C@H](N(C(N)=O)c2cccc(C(=O)O)c2)C1. The molecule has 4 amide bonds. The summed E-state index contributed by atoms with van der Waals surface area (Å²) in [4.78, 5) is 55.5. The van der Waals surface area contributed by atoms with Gasteiger partial charge in [0.1, 0.15) is 18.3 Å². The van der Waals surface area contributed by atoms with Crippen LogP contribution in [0.3, 0.4) is 0 Å². The van der Waals surface area contributed by atoms with Crippen LogP contribution in [-0.4, -0.2) is 59.1 Å². The molecule has 1 unspecified atom stereocenters. The minimum absolute atomic E-state index is 0.0605. The molecule has 3 aromatic rings. The van der Waals surface area contributed by atoms with Gasteiger partial charge in [0, 0.05) is 11.2 Å². The highest BCUT2D eigenvalue weighted by Gasteiger charge is 2.43. The average Bonchev–Trinajstić information content (AvgIpc) is 3.09. The molecule has 4 N–H and O–H groups in total. The number of carbonyl (C=O) groups is 4. The van der Waals surface area contributed by atoms with Gasteiger partial charge in [0.25, 0.3) is 0 Å². The molecule has 3 atom stereocenters. The van der Waals surface area contributed by atoms with Gasteiger partial charge in [0.15, 0.2) is 0 Å². The first-order valence-electron chi connectivity index (χ1n) is 14.1. The first kappa shape index (κ1) is 31.1. The Hall–Kier alpha value is -4.86. The molecule has 0 bridgehead atoms. The standard InChI is InChI=1S/C33H38N4O6/c1-33(2,3)35-29(38)20-36-26(21-11-6-5-7-12-21)18-23(25-15-8-9-16-28(25)43-4)19-27(30(36)39)37(32(34)42)24-14-10-13-22(17-24)31(40)41/h5-17,23,26-27H,18-20H2,1-4H3,(H2,34,42)(H,35,38)(H,40,41)/t23-,26?,27-/m1/s1. The zero-order valence-corrected chi connectivity index (χ0v) is 24.8. The van der Waals surface area contributed by atoms with Crippen LogP contribution < -0.4 is 20.7 Å². The zero-order valence-electron chi connectivity index (χ0n) is 24.8. The fourth-order valence-corrected chi connectivity index (χ4v) is 5.72. The summed E-state index contributed by atoms with van der Waals surface area (Å²) in [6.45, 7) is 5.31. The van der Waals surface area contributed by atoms with Crippen LogP contribution in [0.25, 0.3) is 0 Å². The molecule has 226 valence electrons. The number of aromatic carboxylic acids is 1. The van der Waals surface area contributed by atoms with Crippen LogP contribution in [0.1, 0.15) is 67.1 Å². The van der Waals surface area contributed by atoms with Gasteiger partial charge >= 0.3 is 12.0 Å². The second-order valence-electron chi connectivity index (χ2n) is 11.7. The maximum absolute atomic E-state index is 14.6. The summed E-state index contributed by atoms with van der Waals surface area (Å²) in [5.74, 6) is -1.70. The Kier molecular flexibility index (Phi) is 9.38. The number of para-hydroxylation sites is 1. The number of carboxylic acids is 1. The lowest BCUT2D eigenvalue weighted by Gasteiger charge is -2.35. The van der Waals surface area contributed by atoms with E-state index in [9.17, 15) is 24.3 Å². The molecule has 1 fully saturated rings. The molecule has 1 heterocycles. The van der Waals surface area contributed by atoms with Crippen molar-refractivity contribution in [2.45, 2.75) is 57.2 Å². The Balaban J connectivity index is 1.91. The number of amides is 4. The third-order valence-corrected chi connectivity index (χ3v) is 7.47. The monoisotopic (exact) mass is 586 g/mol. The lowest BCUT2D eigenvalue weighted by atomic mass is 9.85. The van der Waals surface area contributed by atoms with E-state index in [1.807, 2.05) is 75.4 Å². The van der Waals surface area contributed by atoms with Crippen LogP contribution in [0.4, 0.5) is 10.5 Å². The van der Waals surface area contributed by atoms with Crippen LogP contribution in [0.2, 0.25) is 0 Å². The third kappa shape index (κ3) is 7.32. The number of benzene rings is 3. The molecule has 1 aliphatic heterocycles. The van der Waals surface area contributed by atoms with Gasteiger partial charge in [-0.05, 0) is 74.9 Å². The second-order valence-corrected chi connectivity index (χ2v) is 11.7. The number of hydrogen-bond donors (Lipinski definition) is 3. The molecular weight excluding hydrogens is 548 g/mol. The van der Waals surface area contributed by atoms with E-state index in [0.29, 0.717) is 12.2 Å². The number of hydrogen-bond acceptors (Lipinski definition) is 5. The first-order valence-corrected chi connectivity index (χ1v) is 14.1. The average molecular weight is 587 g/mol. The maximum Gasteiger partial charge on any atom is 0.335 e. The van der Waals surface area contributed by atoms with E-state index in [4.69, 9.17) is 10.5 Å². The predicted molar refractivity (Wildman–Crippen MR) is 163 cm³/mol. The summed E-state index contributed by atoms with van der Waals surface area (Å²) in [5.41, 5.74) is 7.16. The van der Waals surface area contributed by atoms with E-state index in [1.165, 1.54) is 23.1 Å². The van der Waals surface area contributed by atoms with Gasteiger partial charge < -0.3 is 25.8 Å². The van der Waals surface area contributed by atoms with E-state index >= 15 is 0 Å². The highest BCUT2D eigenvalue weighted by atomic mass is 16.5. The lowest BCUT2D eigenvalue weighted by Crippen LogP contribution is -2.55. The van der Waals surface area contributed by atoms with Crippen LogP contribution in [0.5, 0.6) is 5.75 Å². The lowest BCUT2D eigenvalue weighted by molar-refractivity contribution is -0.139. The van der Waals surface area contributed by atoms with E-state index in [0.717, 1.165) is 16.0 Å². The molecule has 10 nitrogen and oxygen atoms in total. The minimum atomic E-state index is -1.19. The largest absolute Gasteiger partial charge is 0.496 e. The molecule has 0 saturated carbocycles. The number of nitrogens with zero attached hydrogens (tertiary/aromatic N) is 2. The Morgan fingerprint density at radius 2 is 1.67 bits per heavy atom. The number of nitrogens with two attached hydrogens (primary N) is 1. The van der Waals surface area contributed by atoms with Crippen molar-refractivity contribution in [2.75, 3.05) is 18.6 Å². The van der Waals surface area contributed by atoms with Gasteiger partial charge in [-0.25, -0.2) is 9.59 Å². The number of carboxylic acid groups (broad SMARTS) is 1. The minimum Gasteiger partial charge on any atom is -0.496 e. The van der Waals surface area contributed by atoms with Crippen molar-refractivity contribution in [3.63, 3.8) is 0 Å². The second kappa shape index (κ2) is 13.0. The molecule has 1 aliphatic rings. The highest BCUT2D eigenvalue weighted by molar-refractivity contribution is 6.01. The maximum atomic E-state index is 14.6. The van der Waals surface area contributed by atoms with Crippen molar-refractivity contribution in [2.24, 2.45) is 5.73 Å². The Morgan fingerprint density at radius 3 is 2.30 bits per heavy atom. The Bertz CT molecular complexity index is 1490. The van der Waals surface area contributed by atoms with E-state index < -0.39 is 35.5 Å². The number of anilines is 1. The molecule has 3 aromatic carbocycles. The van der Waals surface area contributed by atoms with Gasteiger partial charge in [0.2, 0.25) is 11.8 Å². The van der Waals surface area contributed by atoms with E-state index in [2.05, 4.69) is 5.32 Å². The molecule has 43 heavy (non-hydrogen) atoms. The van der Waals surface area contributed by atoms with E-state index in [1.54, 1.807) is 13.2 Å². The molecule has 4 rings (SSSR count). The van der Waals surface area contributed by atoms with E-state index in [-0.39, 0.29) is 36.0 Å².